The van der Waals surface area contributed by atoms with Gasteiger partial charge in [-0.25, -0.2) is 0 Å². The van der Waals surface area contributed by atoms with Gasteiger partial charge in [0.1, 0.15) is 0 Å². The molecule has 0 aliphatic carbocycles. The normalized spacial score (nSPS) is 13.3. The standard InChI is InChI=1S/C11H14BrCl/c1-8(2)11(7-13)9-3-5-10(12)6-4-9/h3-6,8,11H,7H2,1-2H3. The molecule has 0 nitrogen and oxygen atoms in total. The van der Waals surface area contributed by atoms with Crippen molar-refractivity contribution in [2.24, 2.45) is 5.92 Å². The van der Waals surface area contributed by atoms with Crippen molar-refractivity contribution in [1.29, 1.82) is 0 Å². The molecule has 0 N–H and O–H groups in total. The van der Waals surface area contributed by atoms with Gasteiger partial charge >= 0.3 is 0 Å². The second-order valence-electron chi connectivity index (χ2n) is 3.56. The van der Waals surface area contributed by atoms with Crippen LogP contribution < -0.4 is 0 Å². The molecule has 1 atom stereocenters. The molecule has 1 aromatic rings. The van der Waals surface area contributed by atoms with Gasteiger partial charge in [0.05, 0.1) is 0 Å². The van der Waals surface area contributed by atoms with Gasteiger partial charge in [-0.3, -0.25) is 0 Å². The van der Waals surface area contributed by atoms with Crippen molar-refractivity contribution in [2.75, 3.05) is 5.88 Å². The summed E-state index contributed by atoms with van der Waals surface area (Å²) in [6.07, 6.45) is 0. The van der Waals surface area contributed by atoms with Crippen LogP contribution >= 0.6 is 27.5 Å². The van der Waals surface area contributed by atoms with Crippen LogP contribution in [0.5, 0.6) is 0 Å². The van der Waals surface area contributed by atoms with Gasteiger partial charge in [0.2, 0.25) is 0 Å². The highest BCUT2D eigenvalue weighted by Gasteiger charge is 2.13. The minimum atomic E-state index is 0.467. The highest BCUT2D eigenvalue weighted by molar-refractivity contribution is 9.10. The summed E-state index contributed by atoms with van der Waals surface area (Å²) in [6, 6.07) is 8.41. The molecule has 0 spiro atoms. The van der Waals surface area contributed by atoms with E-state index < -0.39 is 0 Å². The average molecular weight is 262 g/mol. The van der Waals surface area contributed by atoms with Crippen molar-refractivity contribution in [3.8, 4) is 0 Å². The molecule has 0 saturated carbocycles. The molecule has 1 rings (SSSR count). The van der Waals surface area contributed by atoms with Crippen LogP contribution in [0.2, 0.25) is 0 Å². The van der Waals surface area contributed by atoms with Crippen LogP contribution in [0.25, 0.3) is 0 Å². The van der Waals surface area contributed by atoms with Crippen LogP contribution in [0.1, 0.15) is 25.3 Å². The molecule has 1 unspecified atom stereocenters. The second kappa shape index (κ2) is 5.02. The fourth-order valence-electron chi connectivity index (χ4n) is 1.36. The van der Waals surface area contributed by atoms with Crippen molar-refractivity contribution >= 4 is 27.5 Å². The molecule has 72 valence electrons. The van der Waals surface area contributed by atoms with Gasteiger partial charge in [-0.2, -0.15) is 0 Å². The fraction of sp³-hybridized carbons (Fsp3) is 0.455. The van der Waals surface area contributed by atoms with E-state index in [0.29, 0.717) is 17.7 Å². The topological polar surface area (TPSA) is 0 Å². The number of alkyl halides is 1. The highest BCUT2D eigenvalue weighted by Crippen LogP contribution is 2.26. The first-order chi connectivity index (χ1) is 6.15. The van der Waals surface area contributed by atoms with E-state index in [9.17, 15) is 0 Å². The number of halogens is 2. The quantitative estimate of drug-likeness (QED) is 0.706. The molecule has 0 amide bonds. The van der Waals surface area contributed by atoms with Gasteiger partial charge in [0.15, 0.2) is 0 Å². The molecule has 0 saturated heterocycles. The maximum Gasteiger partial charge on any atom is 0.0294 e. The van der Waals surface area contributed by atoms with Crippen LogP contribution in [-0.2, 0) is 0 Å². The third-order valence-corrected chi connectivity index (χ3v) is 3.13. The number of benzene rings is 1. The van der Waals surface area contributed by atoms with Crippen LogP contribution in [-0.4, -0.2) is 5.88 Å². The Bertz CT molecular complexity index is 253. The lowest BCUT2D eigenvalue weighted by molar-refractivity contribution is 0.539. The van der Waals surface area contributed by atoms with E-state index >= 15 is 0 Å². The maximum absolute atomic E-state index is 5.93. The molecule has 2 heteroatoms. The Labute approximate surface area is 93.4 Å². The zero-order chi connectivity index (χ0) is 9.84. The van der Waals surface area contributed by atoms with Crippen molar-refractivity contribution in [1.82, 2.24) is 0 Å². The molecule has 1 aromatic carbocycles. The summed E-state index contributed by atoms with van der Waals surface area (Å²) in [4.78, 5) is 0. The number of rotatable bonds is 3. The number of hydrogen-bond acceptors (Lipinski definition) is 0. The lowest BCUT2D eigenvalue weighted by atomic mass is 9.90. The average Bonchev–Trinajstić information content (AvgIpc) is 2.09. The predicted octanol–water partition coefficient (Wildman–Crippen LogP) is 4.43. The second-order valence-corrected chi connectivity index (χ2v) is 4.78. The van der Waals surface area contributed by atoms with Crippen LogP contribution in [0, 0.1) is 5.92 Å². The Kier molecular flexibility index (Phi) is 4.27. The summed E-state index contributed by atoms with van der Waals surface area (Å²) in [6.45, 7) is 4.41. The Balaban J connectivity index is 2.86. The van der Waals surface area contributed by atoms with Gasteiger partial charge in [-0.1, -0.05) is 41.9 Å². The van der Waals surface area contributed by atoms with Gasteiger partial charge in [-0.15, -0.1) is 11.6 Å². The van der Waals surface area contributed by atoms with E-state index in [4.69, 9.17) is 11.6 Å². The van der Waals surface area contributed by atoms with Crippen LogP contribution in [0.4, 0.5) is 0 Å². The Morgan fingerprint density at radius 2 is 1.77 bits per heavy atom. The molecular weight excluding hydrogens is 247 g/mol. The molecule has 0 aliphatic rings. The largest absolute Gasteiger partial charge is 0.126 e. The molecule has 0 aromatic heterocycles. The van der Waals surface area contributed by atoms with Crippen LogP contribution in [0.3, 0.4) is 0 Å². The molecule has 0 aliphatic heterocycles. The minimum Gasteiger partial charge on any atom is -0.126 e. The summed E-state index contributed by atoms with van der Waals surface area (Å²) >= 11 is 9.35. The third kappa shape index (κ3) is 2.99. The van der Waals surface area contributed by atoms with Gasteiger partial charge < -0.3 is 0 Å². The number of hydrogen-bond donors (Lipinski definition) is 0. The van der Waals surface area contributed by atoms with E-state index in [1.807, 2.05) is 0 Å². The molecule has 0 bridgehead atoms. The molecule has 0 fully saturated rings. The first-order valence-corrected chi connectivity index (χ1v) is 5.79. The molecule has 0 radical (unpaired) electrons. The zero-order valence-corrected chi connectivity index (χ0v) is 10.3. The SMILES string of the molecule is CC(C)C(CCl)c1ccc(Br)cc1. The Morgan fingerprint density at radius 3 is 2.15 bits per heavy atom. The molecular formula is C11H14BrCl. The highest BCUT2D eigenvalue weighted by atomic mass is 79.9. The summed E-state index contributed by atoms with van der Waals surface area (Å²) in [5.74, 6) is 1.76. The van der Waals surface area contributed by atoms with Gasteiger partial charge in [0, 0.05) is 10.4 Å². The smallest absolute Gasteiger partial charge is 0.0294 e. The van der Waals surface area contributed by atoms with Gasteiger partial charge in [0.25, 0.3) is 0 Å². The van der Waals surface area contributed by atoms with Crippen molar-refractivity contribution in [3.63, 3.8) is 0 Å². The lowest BCUT2D eigenvalue weighted by Crippen LogP contribution is -2.07. The van der Waals surface area contributed by atoms with Crippen molar-refractivity contribution in [2.45, 2.75) is 19.8 Å². The molecule has 13 heavy (non-hydrogen) atoms. The van der Waals surface area contributed by atoms with E-state index in [2.05, 4.69) is 54.0 Å². The summed E-state index contributed by atoms with van der Waals surface area (Å²) in [5, 5.41) is 0. The van der Waals surface area contributed by atoms with Crippen molar-refractivity contribution in [3.05, 3.63) is 34.3 Å². The minimum absolute atomic E-state index is 0.467. The zero-order valence-electron chi connectivity index (χ0n) is 7.93. The van der Waals surface area contributed by atoms with Crippen LogP contribution in [0.15, 0.2) is 28.7 Å². The summed E-state index contributed by atoms with van der Waals surface area (Å²) in [7, 11) is 0. The first kappa shape index (κ1) is 11.1. The van der Waals surface area contributed by atoms with Gasteiger partial charge in [-0.05, 0) is 29.5 Å². The monoisotopic (exact) mass is 260 g/mol. The fourth-order valence-corrected chi connectivity index (χ4v) is 2.16. The summed E-state index contributed by atoms with van der Waals surface area (Å²) in [5.41, 5.74) is 1.33. The van der Waals surface area contributed by atoms with E-state index in [1.165, 1.54) is 5.56 Å². The predicted molar refractivity (Wildman–Crippen MR) is 62.4 cm³/mol. The van der Waals surface area contributed by atoms with Crippen molar-refractivity contribution < 1.29 is 0 Å². The molecule has 0 heterocycles. The summed E-state index contributed by atoms with van der Waals surface area (Å²) < 4.78 is 1.12. The maximum atomic E-state index is 5.93. The van der Waals surface area contributed by atoms with E-state index in [1.54, 1.807) is 0 Å². The Hall–Kier alpha value is -0.0100. The van der Waals surface area contributed by atoms with E-state index in [0.717, 1.165) is 4.47 Å². The third-order valence-electron chi connectivity index (χ3n) is 2.27. The van der Waals surface area contributed by atoms with E-state index in [-0.39, 0.29) is 0 Å². The first-order valence-electron chi connectivity index (χ1n) is 4.46. The lowest BCUT2D eigenvalue weighted by Gasteiger charge is -2.18. The Morgan fingerprint density at radius 1 is 1.23 bits per heavy atom.